The van der Waals surface area contributed by atoms with E-state index in [0.29, 0.717) is 10.4 Å². The molecule has 0 fully saturated rings. The Labute approximate surface area is 97.5 Å². The minimum absolute atomic E-state index is 0.436. The molecule has 0 aliphatic heterocycles. The summed E-state index contributed by atoms with van der Waals surface area (Å²) in [5.74, 6) is 0. The molecule has 2 rings (SSSR count). The summed E-state index contributed by atoms with van der Waals surface area (Å²) in [5, 5.41) is 1.07. The molecule has 1 aromatic heterocycles. The first-order valence-corrected chi connectivity index (χ1v) is 6.38. The molecule has 0 spiro atoms. The van der Waals surface area contributed by atoms with E-state index in [1.807, 2.05) is 12.3 Å². The van der Waals surface area contributed by atoms with Crippen LogP contribution in [0.5, 0.6) is 0 Å². The van der Waals surface area contributed by atoms with E-state index in [9.17, 15) is 0 Å². The number of anilines is 1. The number of nitrogens with two attached hydrogens (primary N) is 1. The second-order valence-electron chi connectivity index (χ2n) is 3.19. The standard InChI is InChI=1S/C11H12N2S2/c1-8(9-5-3-2-4-6-9)14-10-7-13-11(12)15-10/h2-8H,1H3,(H2,12,13)/t8-/m1/s1. The molecule has 0 saturated heterocycles. The molecule has 78 valence electrons. The maximum atomic E-state index is 5.59. The predicted molar refractivity (Wildman–Crippen MR) is 67.2 cm³/mol. The van der Waals surface area contributed by atoms with Gasteiger partial charge < -0.3 is 5.73 Å². The van der Waals surface area contributed by atoms with Gasteiger partial charge in [0, 0.05) is 5.25 Å². The van der Waals surface area contributed by atoms with Crippen molar-refractivity contribution in [1.29, 1.82) is 0 Å². The summed E-state index contributed by atoms with van der Waals surface area (Å²) < 4.78 is 1.17. The molecule has 0 aliphatic carbocycles. The Bertz CT molecular complexity index is 425. The molecular formula is C11H12N2S2. The van der Waals surface area contributed by atoms with E-state index in [-0.39, 0.29) is 0 Å². The molecule has 1 atom stereocenters. The zero-order valence-electron chi connectivity index (χ0n) is 8.38. The Morgan fingerprint density at radius 1 is 1.33 bits per heavy atom. The second-order valence-corrected chi connectivity index (χ2v) is 5.89. The lowest BCUT2D eigenvalue weighted by molar-refractivity contribution is 1.10. The smallest absolute Gasteiger partial charge is 0.181 e. The molecule has 4 heteroatoms. The predicted octanol–water partition coefficient (Wildman–Crippen LogP) is 3.58. The van der Waals surface area contributed by atoms with Crippen LogP contribution in [0.2, 0.25) is 0 Å². The highest BCUT2D eigenvalue weighted by atomic mass is 32.2. The largest absolute Gasteiger partial charge is 0.375 e. The highest BCUT2D eigenvalue weighted by Gasteiger charge is 2.08. The summed E-state index contributed by atoms with van der Waals surface area (Å²) in [6, 6.07) is 10.4. The van der Waals surface area contributed by atoms with E-state index in [1.165, 1.54) is 9.77 Å². The van der Waals surface area contributed by atoms with Crippen molar-refractivity contribution in [2.75, 3.05) is 5.73 Å². The highest BCUT2D eigenvalue weighted by molar-refractivity contribution is 8.01. The Hall–Kier alpha value is -1.00. The lowest BCUT2D eigenvalue weighted by Crippen LogP contribution is -1.85. The Morgan fingerprint density at radius 3 is 2.67 bits per heavy atom. The molecule has 1 aromatic carbocycles. The Morgan fingerprint density at radius 2 is 2.07 bits per heavy atom. The first-order chi connectivity index (χ1) is 7.25. The van der Waals surface area contributed by atoms with E-state index in [1.54, 1.807) is 23.1 Å². The van der Waals surface area contributed by atoms with Gasteiger partial charge in [-0.15, -0.1) is 11.8 Å². The summed E-state index contributed by atoms with van der Waals surface area (Å²) in [7, 11) is 0. The summed E-state index contributed by atoms with van der Waals surface area (Å²) in [4.78, 5) is 4.04. The molecule has 0 bridgehead atoms. The van der Waals surface area contributed by atoms with E-state index >= 15 is 0 Å². The number of aromatic nitrogens is 1. The van der Waals surface area contributed by atoms with Gasteiger partial charge in [-0.25, -0.2) is 4.98 Å². The third-order valence-electron chi connectivity index (χ3n) is 2.06. The number of thioether (sulfide) groups is 1. The van der Waals surface area contributed by atoms with Crippen molar-refractivity contribution in [1.82, 2.24) is 4.98 Å². The number of hydrogen-bond donors (Lipinski definition) is 1. The van der Waals surface area contributed by atoms with Crippen LogP contribution in [0.3, 0.4) is 0 Å². The second kappa shape index (κ2) is 4.68. The van der Waals surface area contributed by atoms with E-state index in [2.05, 4.69) is 36.2 Å². The molecule has 0 aliphatic rings. The lowest BCUT2D eigenvalue weighted by atomic mass is 10.2. The molecule has 0 amide bonds. The quantitative estimate of drug-likeness (QED) is 0.828. The normalized spacial score (nSPS) is 12.6. The maximum absolute atomic E-state index is 5.59. The van der Waals surface area contributed by atoms with Crippen molar-refractivity contribution in [3.8, 4) is 0 Å². The number of nitrogen functional groups attached to an aromatic ring is 1. The zero-order chi connectivity index (χ0) is 10.7. The van der Waals surface area contributed by atoms with Crippen molar-refractivity contribution in [2.24, 2.45) is 0 Å². The maximum Gasteiger partial charge on any atom is 0.181 e. The number of nitrogens with zero attached hydrogens (tertiary/aromatic N) is 1. The first-order valence-electron chi connectivity index (χ1n) is 4.68. The van der Waals surface area contributed by atoms with Crippen molar-refractivity contribution in [2.45, 2.75) is 16.4 Å². The van der Waals surface area contributed by atoms with Crippen LogP contribution in [0.1, 0.15) is 17.7 Å². The molecule has 15 heavy (non-hydrogen) atoms. The van der Waals surface area contributed by atoms with Gasteiger partial charge in [0.25, 0.3) is 0 Å². The van der Waals surface area contributed by atoms with Gasteiger partial charge in [0.1, 0.15) is 0 Å². The monoisotopic (exact) mass is 236 g/mol. The third kappa shape index (κ3) is 2.73. The molecule has 1 heterocycles. The van der Waals surface area contributed by atoms with Gasteiger partial charge in [-0.05, 0) is 12.5 Å². The average Bonchev–Trinajstić information content (AvgIpc) is 2.65. The van der Waals surface area contributed by atoms with Crippen LogP contribution in [0.15, 0.2) is 40.7 Å². The minimum Gasteiger partial charge on any atom is -0.375 e. The van der Waals surface area contributed by atoms with Crippen molar-refractivity contribution in [3.63, 3.8) is 0 Å². The molecular weight excluding hydrogens is 224 g/mol. The van der Waals surface area contributed by atoms with E-state index in [4.69, 9.17) is 5.73 Å². The van der Waals surface area contributed by atoms with E-state index < -0.39 is 0 Å². The van der Waals surface area contributed by atoms with Crippen LogP contribution in [-0.2, 0) is 0 Å². The van der Waals surface area contributed by atoms with Gasteiger partial charge in [-0.2, -0.15) is 0 Å². The Balaban J connectivity index is 2.07. The van der Waals surface area contributed by atoms with Gasteiger partial charge in [-0.1, -0.05) is 41.7 Å². The van der Waals surface area contributed by atoms with Crippen LogP contribution in [-0.4, -0.2) is 4.98 Å². The average molecular weight is 236 g/mol. The van der Waals surface area contributed by atoms with Crippen LogP contribution >= 0.6 is 23.1 Å². The number of thiazole rings is 1. The fourth-order valence-electron chi connectivity index (χ4n) is 1.29. The van der Waals surface area contributed by atoms with Crippen LogP contribution < -0.4 is 5.73 Å². The fourth-order valence-corrected chi connectivity index (χ4v) is 3.35. The van der Waals surface area contributed by atoms with Crippen LogP contribution in [0.4, 0.5) is 5.13 Å². The van der Waals surface area contributed by atoms with Gasteiger partial charge in [0.15, 0.2) is 5.13 Å². The topological polar surface area (TPSA) is 38.9 Å². The number of rotatable bonds is 3. The summed E-state index contributed by atoms with van der Waals surface area (Å²) in [6.45, 7) is 2.19. The lowest BCUT2D eigenvalue weighted by Gasteiger charge is -2.08. The number of benzene rings is 1. The zero-order valence-corrected chi connectivity index (χ0v) is 10.0. The van der Waals surface area contributed by atoms with Crippen molar-refractivity contribution in [3.05, 3.63) is 42.1 Å². The molecule has 0 saturated carbocycles. The van der Waals surface area contributed by atoms with Gasteiger partial charge >= 0.3 is 0 Å². The van der Waals surface area contributed by atoms with Gasteiger partial charge in [0.2, 0.25) is 0 Å². The Kier molecular flexibility index (Phi) is 3.28. The number of hydrogen-bond acceptors (Lipinski definition) is 4. The van der Waals surface area contributed by atoms with E-state index in [0.717, 1.165) is 0 Å². The summed E-state index contributed by atoms with van der Waals surface area (Å²) in [5.41, 5.74) is 6.92. The molecule has 0 unspecified atom stereocenters. The van der Waals surface area contributed by atoms with Crippen LogP contribution in [0.25, 0.3) is 0 Å². The molecule has 0 radical (unpaired) electrons. The summed E-state index contributed by atoms with van der Waals surface area (Å²) in [6.07, 6.45) is 1.84. The highest BCUT2D eigenvalue weighted by Crippen LogP contribution is 2.37. The van der Waals surface area contributed by atoms with Crippen LogP contribution in [0, 0.1) is 0 Å². The molecule has 2 N–H and O–H groups in total. The molecule has 2 nitrogen and oxygen atoms in total. The molecule has 2 aromatic rings. The van der Waals surface area contributed by atoms with Gasteiger partial charge in [0.05, 0.1) is 10.4 Å². The third-order valence-corrected chi connectivity index (χ3v) is 4.19. The summed E-state index contributed by atoms with van der Waals surface area (Å²) >= 11 is 3.33. The van der Waals surface area contributed by atoms with Crippen molar-refractivity contribution < 1.29 is 0 Å². The van der Waals surface area contributed by atoms with Crippen molar-refractivity contribution >= 4 is 28.2 Å². The van der Waals surface area contributed by atoms with Gasteiger partial charge in [-0.3, -0.25) is 0 Å². The minimum atomic E-state index is 0.436. The first kappa shape index (κ1) is 10.5. The SMILES string of the molecule is C[C@@H](Sc1cnc(N)s1)c1ccccc1. The fraction of sp³-hybridized carbons (Fsp3) is 0.182.